The number of ether oxygens (including phenoxy) is 2. The van der Waals surface area contributed by atoms with Crippen molar-refractivity contribution in [3.63, 3.8) is 0 Å². The number of likely N-dealkylation sites (tertiary alicyclic amines) is 1. The number of Topliss-reactive ketones (excluding diaryl/α,β-unsaturated/α-hetero) is 1. The Labute approximate surface area is 214 Å². The van der Waals surface area contributed by atoms with Crippen molar-refractivity contribution in [2.75, 3.05) is 13.7 Å². The third-order valence-corrected chi connectivity index (χ3v) is 6.57. The highest BCUT2D eigenvalue weighted by molar-refractivity contribution is 6.46. The summed E-state index contributed by atoms with van der Waals surface area (Å²) in [5.41, 5.74) is 2.80. The largest absolute Gasteiger partial charge is 0.507 e. The first kappa shape index (κ1) is 24.2. The fraction of sp³-hybridized carbons (Fsp3) is 0.200. The molecule has 1 amide bonds. The first-order valence-corrected chi connectivity index (χ1v) is 12.2. The number of carbonyl (C=O) groups is 2. The summed E-state index contributed by atoms with van der Waals surface area (Å²) in [6.45, 7) is 2.67. The zero-order chi connectivity index (χ0) is 25.9. The van der Waals surface area contributed by atoms with Crippen LogP contribution < -0.4 is 9.47 Å². The molecule has 1 fully saturated rings. The molecule has 188 valence electrons. The molecule has 1 unspecified atom stereocenters. The first-order chi connectivity index (χ1) is 18.0. The van der Waals surface area contributed by atoms with Gasteiger partial charge in [-0.2, -0.15) is 0 Å². The van der Waals surface area contributed by atoms with Crippen LogP contribution in [0.2, 0.25) is 0 Å². The molecule has 0 saturated carbocycles. The number of methoxy groups -OCH3 is 1. The van der Waals surface area contributed by atoms with Crippen LogP contribution in [0.25, 0.3) is 16.7 Å². The summed E-state index contributed by atoms with van der Waals surface area (Å²) in [6.07, 6.45) is 2.63. The van der Waals surface area contributed by atoms with Crippen molar-refractivity contribution in [1.82, 2.24) is 9.88 Å². The van der Waals surface area contributed by atoms with E-state index in [2.05, 4.69) is 4.98 Å². The van der Waals surface area contributed by atoms with Crippen molar-refractivity contribution in [2.45, 2.75) is 25.9 Å². The summed E-state index contributed by atoms with van der Waals surface area (Å²) >= 11 is 0. The maximum atomic E-state index is 13.5. The van der Waals surface area contributed by atoms with Gasteiger partial charge in [0.25, 0.3) is 11.7 Å². The van der Waals surface area contributed by atoms with Gasteiger partial charge in [-0.25, -0.2) is 0 Å². The molecule has 3 aromatic carbocycles. The van der Waals surface area contributed by atoms with Crippen LogP contribution in [0.5, 0.6) is 11.5 Å². The normalized spacial score (nSPS) is 16.9. The average molecular weight is 497 g/mol. The Morgan fingerprint density at radius 2 is 1.81 bits per heavy atom. The van der Waals surface area contributed by atoms with Crippen molar-refractivity contribution in [1.29, 1.82) is 0 Å². The number of nitrogens with one attached hydrogen (secondary N) is 1. The molecular formula is C30H28N2O5. The second kappa shape index (κ2) is 10.2. The van der Waals surface area contributed by atoms with Crippen molar-refractivity contribution < 1.29 is 24.2 Å². The van der Waals surface area contributed by atoms with Crippen LogP contribution >= 0.6 is 0 Å². The minimum Gasteiger partial charge on any atom is -0.507 e. The third-order valence-electron chi connectivity index (χ3n) is 6.57. The number of nitrogens with zero attached hydrogens (tertiary/aromatic N) is 1. The number of para-hydroxylation sites is 2. The van der Waals surface area contributed by atoms with Gasteiger partial charge in [0.2, 0.25) is 0 Å². The first-order valence-electron chi connectivity index (χ1n) is 12.2. The topological polar surface area (TPSA) is 91.9 Å². The number of aromatic amines is 1. The van der Waals surface area contributed by atoms with Crippen LogP contribution in [0.4, 0.5) is 0 Å². The van der Waals surface area contributed by atoms with Crippen molar-refractivity contribution in [2.24, 2.45) is 0 Å². The van der Waals surface area contributed by atoms with Gasteiger partial charge >= 0.3 is 0 Å². The maximum Gasteiger partial charge on any atom is 0.295 e. The molecule has 1 aliphatic rings. The number of aromatic nitrogens is 1. The lowest BCUT2D eigenvalue weighted by atomic mass is 9.94. The van der Waals surface area contributed by atoms with Gasteiger partial charge < -0.3 is 24.5 Å². The molecule has 7 nitrogen and oxygen atoms in total. The van der Waals surface area contributed by atoms with Gasteiger partial charge in [-0.05, 0) is 30.7 Å². The number of hydrogen-bond acceptors (Lipinski definition) is 5. The third kappa shape index (κ3) is 4.44. The molecule has 4 aromatic rings. The quantitative estimate of drug-likeness (QED) is 0.189. The van der Waals surface area contributed by atoms with E-state index in [-0.39, 0.29) is 17.9 Å². The summed E-state index contributed by atoms with van der Waals surface area (Å²) in [5, 5.41) is 12.3. The molecule has 0 bridgehead atoms. The summed E-state index contributed by atoms with van der Waals surface area (Å²) in [6, 6.07) is 21.2. The Balaban J connectivity index is 1.67. The van der Waals surface area contributed by atoms with E-state index in [4.69, 9.17) is 9.47 Å². The van der Waals surface area contributed by atoms with Crippen LogP contribution in [0, 0.1) is 0 Å². The number of amides is 1. The second-order valence-electron chi connectivity index (χ2n) is 8.90. The fourth-order valence-corrected chi connectivity index (χ4v) is 4.81. The van der Waals surface area contributed by atoms with E-state index in [1.165, 1.54) is 4.90 Å². The number of carbonyl (C=O) groups excluding carboxylic acids is 2. The molecular weight excluding hydrogens is 468 g/mol. The molecule has 0 aliphatic carbocycles. The number of hydrogen-bond donors (Lipinski definition) is 2. The van der Waals surface area contributed by atoms with Crippen molar-refractivity contribution in [3.8, 4) is 11.5 Å². The van der Waals surface area contributed by atoms with Gasteiger partial charge in [-0.3, -0.25) is 9.59 Å². The Morgan fingerprint density at radius 3 is 2.62 bits per heavy atom. The van der Waals surface area contributed by atoms with Crippen molar-refractivity contribution in [3.05, 3.63) is 101 Å². The van der Waals surface area contributed by atoms with Gasteiger partial charge in [0, 0.05) is 33.8 Å². The molecule has 0 radical (unpaired) electrons. The van der Waals surface area contributed by atoms with Crippen molar-refractivity contribution >= 4 is 28.4 Å². The highest BCUT2D eigenvalue weighted by Crippen LogP contribution is 2.43. The highest BCUT2D eigenvalue weighted by atomic mass is 16.5. The molecule has 0 spiro atoms. The number of rotatable bonds is 8. The fourth-order valence-electron chi connectivity index (χ4n) is 4.81. The number of H-pyrrole nitrogens is 1. The lowest BCUT2D eigenvalue weighted by Gasteiger charge is -2.25. The highest BCUT2D eigenvalue weighted by Gasteiger charge is 2.47. The van der Waals surface area contributed by atoms with E-state index in [0.29, 0.717) is 23.7 Å². The summed E-state index contributed by atoms with van der Waals surface area (Å²) < 4.78 is 11.2. The Morgan fingerprint density at radius 1 is 1.03 bits per heavy atom. The monoisotopic (exact) mass is 496 g/mol. The molecule has 1 saturated heterocycles. The minimum absolute atomic E-state index is 0.0392. The zero-order valence-electron chi connectivity index (χ0n) is 20.7. The molecule has 1 aliphatic heterocycles. The van der Waals surface area contributed by atoms with E-state index in [9.17, 15) is 14.7 Å². The number of aliphatic hydroxyl groups excluding tert-OH is 1. The SMILES string of the molecule is CCCOc1cccc(/C(O)=C2\C(=O)C(=O)N(Cc3ccccc3OC)C2c2c[nH]c3ccccc23)c1. The smallest absolute Gasteiger partial charge is 0.295 e. The molecule has 37 heavy (non-hydrogen) atoms. The predicted molar refractivity (Wildman–Crippen MR) is 141 cm³/mol. The molecule has 2 N–H and O–H groups in total. The van der Waals surface area contributed by atoms with E-state index in [0.717, 1.165) is 28.5 Å². The van der Waals surface area contributed by atoms with Gasteiger partial charge in [0.05, 0.1) is 31.9 Å². The van der Waals surface area contributed by atoms with Crippen LogP contribution in [-0.4, -0.2) is 40.4 Å². The molecule has 5 rings (SSSR count). The van der Waals surface area contributed by atoms with Gasteiger partial charge in [-0.15, -0.1) is 0 Å². The Kier molecular flexibility index (Phi) is 6.68. The number of fused-ring (bicyclic) bond motifs is 1. The molecule has 7 heteroatoms. The number of aliphatic hydroxyl groups is 1. The van der Waals surface area contributed by atoms with Crippen LogP contribution in [-0.2, 0) is 16.1 Å². The van der Waals surface area contributed by atoms with E-state index in [1.807, 2.05) is 55.5 Å². The average Bonchev–Trinajstić information content (AvgIpc) is 3.46. The van der Waals surface area contributed by atoms with Crippen LogP contribution in [0.15, 0.2) is 84.6 Å². The Bertz CT molecular complexity index is 1500. The van der Waals surface area contributed by atoms with Gasteiger partial charge in [0.1, 0.15) is 17.3 Å². The van der Waals surface area contributed by atoms with E-state index >= 15 is 0 Å². The molecule has 1 atom stereocenters. The number of benzene rings is 3. The summed E-state index contributed by atoms with van der Waals surface area (Å²) in [4.78, 5) is 31.7. The minimum atomic E-state index is -0.804. The van der Waals surface area contributed by atoms with Gasteiger partial charge in [-0.1, -0.05) is 55.5 Å². The zero-order valence-corrected chi connectivity index (χ0v) is 20.7. The molecule has 2 heterocycles. The predicted octanol–water partition coefficient (Wildman–Crippen LogP) is 5.59. The standard InChI is InChI=1S/C30H28N2O5/c1-3-15-37-21-11-8-10-19(16-21)28(33)26-27(23-17-31-24-13-6-5-12-22(23)24)32(30(35)29(26)34)18-20-9-4-7-14-25(20)36-2/h4-14,16-17,27,31,33H,3,15,18H2,1-2H3/b28-26+. The maximum absolute atomic E-state index is 13.5. The lowest BCUT2D eigenvalue weighted by molar-refractivity contribution is -0.140. The summed E-state index contributed by atoms with van der Waals surface area (Å²) in [7, 11) is 1.57. The summed E-state index contributed by atoms with van der Waals surface area (Å²) in [5.74, 6) is -0.456. The van der Waals surface area contributed by atoms with Gasteiger partial charge in [0.15, 0.2) is 0 Å². The molecule has 1 aromatic heterocycles. The lowest BCUT2D eigenvalue weighted by Crippen LogP contribution is -2.29. The van der Waals surface area contributed by atoms with Crippen LogP contribution in [0.1, 0.15) is 36.1 Å². The Hall–Kier alpha value is -4.52. The van der Waals surface area contributed by atoms with E-state index < -0.39 is 17.7 Å². The van der Waals surface area contributed by atoms with Crippen LogP contribution in [0.3, 0.4) is 0 Å². The second-order valence-corrected chi connectivity index (χ2v) is 8.90. The number of ketones is 1. The van der Waals surface area contributed by atoms with E-state index in [1.54, 1.807) is 37.6 Å².